The number of aromatic nitrogens is 2. The normalized spacial score (nSPS) is 21.6. The SMILES string of the molecule is CC(C)c1ncc([C@@H]2[C@H](O)[C@@H](C(=O)NCc3ccccc3)C[C@H]2NC(=O)Nc2ccc(F)cc2)[nH]1. The number of aromatic amines is 1. The smallest absolute Gasteiger partial charge is 0.319 e. The fourth-order valence-corrected chi connectivity index (χ4v) is 4.46. The number of hydrogen-bond donors (Lipinski definition) is 5. The van der Waals surface area contributed by atoms with Crippen LogP contribution in [0.1, 0.15) is 49.2 Å². The predicted molar refractivity (Wildman–Crippen MR) is 130 cm³/mol. The lowest BCUT2D eigenvalue weighted by Gasteiger charge is -2.22. The maximum absolute atomic E-state index is 13.2. The predicted octanol–water partition coefficient (Wildman–Crippen LogP) is 3.64. The van der Waals surface area contributed by atoms with Gasteiger partial charge in [0, 0.05) is 42.0 Å². The third-order valence-corrected chi connectivity index (χ3v) is 6.31. The maximum Gasteiger partial charge on any atom is 0.319 e. The van der Waals surface area contributed by atoms with E-state index in [1.54, 1.807) is 6.20 Å². The number of amides is 3. The average Bonchev–Trinajstić information content (AvgIpc) is 3.44. The number of benzene rings is 2. The van der Waals surface area contributed by atoms with Crippen LogP contribution in [-0.4, -0.2) is 39.2 Å². The van der Waals surface area contributed by atoms with E-state index < -0.39 is 35.8 Å². The van der Waals surface area contributed by atoms with Gasteiger partial charge in [0.05, 0.1) is 12.0 Å². The number of nitrogens with zero attached hydrogens (tertiary/aromatic N) is 1. The Balaban J connectivity index is 1.50. The summed E-state index contributed by atoms with van der Waals surface area (Å²) in [6.07, 6.45) is 0.877. The third-order valence-electron chi connectivity index (χ3n) is 6.31. The highest BCUT2D eigenvalue weighted by Gasteiger charge is 2.47. The van der Waals surface area contributed by atoms with Crippen LogP contribution in [0.4, 0.5) is 14.9 Å². The van der Waals surface area contributed by atoms with Gasteiger partial charge in [-0.3, -0.25) is 4.79 Å². The molecule has 1 aliphatic rings. The molecule has 4 rings (SSSR count). The van der Waals surface area contributed by atoms with Crippen LogP contribution in [-0.2, 0) is 11.3 Å². The van der Waals surface area contributed by atoms with Gasteiger partial charge in [0.15, 0.2) is 0 Å². The van der Waals surface area contributed by atoms with Crippen molar-refractivity contribution in [1.82, 2.24) is 20.6 Å². The van der Waals surface area contributed by atoms with Crippen molar-refractivity contribution < 1.29 is 19.1 Å². The number of halogens is 1. The minimum absolute atomic E-state index is 0.153. The van der Waals surface area contributed by atoms with Crippen LogP contribution in [0.2, 0.25) is 0 Å². The molecule has 184 valence electrons. The van der Waals surface area contributed by atoms with Crippen LogP contribution < -0.4 is 16.0 Å². The Kier molecular flexibility index (Phi) is 7.45. The molecule has 3 aromatic rings. The molecule has 1 saturated carbocycles. The van der Waals surface area contributed by atoms with Gasteiger partial charge in [-0.1, -0.05) is 44.2 Å². The summed E-state index contributed by atoms with van der Waals surface area (Å²) < 4.78 is 13.2. The molecular formula is C26H30FN5O3. The van der Waals surface area contributed by atoms with Gasteiger partial charge in [-0.25, -0.2) is 14.2 Å². The van der Waals surface area contributed by atoms with E-state index in [0.717, 1.165) is 11.4 Å². The largest absolute Gasteiger partial charge is 0.392 e. The van der Waals surface area contributed by atoms with Crippen molar-refractivity contribution in [2.24, 2.45) is 5.92 Å². The highest BCUT2D eigenvalue weighted by atomic mass is 19.1. The van der Waals surface area contributed by atoms with Crippen molar-refractivity contribution in [1.29, 1.82) is 0 Å². The van der Waals surface area contributed by atoms with Crippen LogP contribution in [0.15, 0.2) is 60.8 Å². The van der Waals surface area contributed by atoms with Crippen molar-refractivity contribution in [3.05, 3.63) is 83.7 Å². The molecule has 1 heterocycles. The molecule has 35 heavy (non-hydrogen) atoms. The van der Waals surface area contributed by atoms with E-state index in [0.29, 0.717) is 17.9 Å². The molecule has 1 aliphatic carbocycles. The van der Waals surface area contributed by atoms with Crippen LogP contribution in [0.3, 0.4) is 0 Å². The highest BCUT2D eigenvalue weighted by molar-refractivity contribution is 5.89. The molecule has 4 atom stereocenters. The first kappa shape index (κ1) is 24.4. The van der Waals surface area contributed by atoms with E-state index >= 15 is 0 Å². The molecule has 0 radical (unpaired) electrons. The number of imidazole rings is 1. The lowest BCUT2D eigenvalue weighted by atomic mass is 9.96. The van der Waals surface area contributed by atoms with Crippen molar-refractivity contribution in [2.45, 2.75) is 50.8 Å². The quantitative estimate of drug-likeness (QED) is 0.355. The topological polar surface area (TPSA) is 119 Å². The van der Waals surface area contributed by atoms with E-state index in [9.17, 15) is 19.1 Å². The molecule has 1 fully saturated rings. The number of aliphatic hydroxyl groups excluding tert-OH is 1. The Labute approximate surface area is 203 Å². The summed E-state index contributed by atoms with van der Waals surface area (Å²) in [7, 11) is 0. The van der Waals surface area contributed by atoms with Crippen LogP contribution >= 0.6 is 0 Å². The van der Waals surface area contributed by atoms with Crippen molar-refractivity contribution in [2.75, 3.05) is 5.32 Å². The monoisotopic (exact) mass is 479 g/mol. The molecular weight excluding hydrogens is 449 g/mol. The van der Waals surface area contributed by atoms with Crippen LogP contribution in [0.5, 0.6) is 0 Å². The van der Waals surface area contributed by atoms with Crippen LogP contribution in [0, 0.1) is 11.7 Å². The van der Waals surface area contributed by atoms with Gasteiger partial charge in [-0.05, 0) is 36.2 Å². The Morgan fingerprint density at radius 2 is 1.86 bits per heavy atom. The Morgan fingerprint density at radius 3 is 2.51 bits per heavy atom. The second-order valence-electron chi connectivity index (χ2n) is 9.15. The molecule has 9 heteroatoms. The molecule has 3 amide bonds. The minimum atomic E-state index is -1.03. The summed E-state index contributed by atoms with van der Waals surface area (Å²) in [5, 5.41) is 19.7. The van der Waals surface area contributed by atoms with E-state index in [-0.39, 0.29) is 18.2 Å². The van der Waals surface area contributed by atoms with Gasteiger partial charge in [0.1, 0.15) is 11.6 Å². The number of carbonyl (C=O) groups excluding carboxylic acids is 2. The van der Waals surface area contributed by atoms with Gasteiger partial charge in [-0.2, -0.15) is 0 Å². The molecule has 1 aromatic heterocycles. The fourth-order valence-electron chi connectivity index (χ4n) is 4.46. The summed E-state index contributed by atoms with van der Waals surface area (Å²) >= 11 is 0. The van der Waals surface area contributed by atoms with Crippen molar-refractivity contribution in [3.63, 3.8) is 0 Å². The number of carbonyl (C=O) groups is 2. The summed E-state index contributed by atoms with van der Waals surface area (Å²) in [5.74, 6) is -1.04. The van der Waals surface area contributed by atoms with Gasteiger partial charge < -0.3 is 26.0 Å². The number of rotatable bonds is 7. The summed E-state index contributed by atoms with van der Waals surface area (Å²) in [5.41, 5.74) is 2.04. The van der Waals surface area contributed by atoms with Crippen molar-refractivity contribution >= 4 is 17.6 Å². The lowest BCUT2D eigenvalue weighted by molar-refractivity contribution is -0.127. The lowest BCUT2D eigenvalue weighted by Crippen LogP contribution is -2.41. The number of aliphatic hydroxyl groups is 1. The Bertz CT molecular complexity index is 1150. The summed E-state index contributed by atoms with van der Waals surface area (Å²) in [6, 6.07) is 13.9. The van der Waals surface area contributed by atoms with Gasteiger partial charge in [-0.15, -0.1) is 0 Å². The first-order valence-corrected chi connectivity index (χ1v) is 11.7. The zero-order chi connectivity index (χ0) is 24.9. The number of hydrogen-bond acceptors (Lipinski definition) is 4. The first-order chi connectivity index (χ1) is 16.8. The Morgan fingerprint density at radius 1 is 1.14 bits per heavy atom. The molecule has 0 aliphatic heterocycles. The number of nitrogens with one attached hydrogen (secondary N) is 4. The average molecular weight is 480 g/mol. The van der Waals surface area contributed by atoms with E-state index in [2.05, 4.69) is 25.9 Å². The van der Waals surface area contributed by atoms with Gasteiger partial charge >= 0.3 is 6.03 Å². The molecule has 8 nitrogen and oxygen atoms in total. The Hall–Kier alpha value is -3.72. The maximum atomic E-state index is 13.2. The fraction of sp³-hybridized carbons (Fsp3) is 0.346. The first-order valence-electron chi connectivity index (χ1n) is 11.7. The molecule has 0 bridgehead atoms. The zero-order valence-corrected chi connectivity index (χ0v) is 19.7. The van der Waals surface area contributed by atoms with E-state index in [1.165, 1.54) is 24.3 Å². The highest BCUT2D eigenvalue weighted by Crippen LogP contribution is 2.39. The molecule has 0 spiro atoms. The summed E-state index contributed by atoms with van der Waals surface area (Å²) in [4.78, 5) is 33.4. The van der Waals surface area contributed by atoms with Gasteiger partial charge in [0.25, 0.3) is 0 Å². The number of H-pyrrole nitrogens is 1. The second kappa shape index (κ2) is 10.7. The van der Waals surface area contributed by atoms with Crippen LogP contribution in [0.25, 0.3) is 0 Å². The zero-order valence-electron chi connectivity index (χ0n) is 19.7. The van der Waals surface area contributed by atoms with Crippen molar-refractivity contribution in [3.8, 4) is 0 Å². The second-order valence-corrected chi connectivity index (χ2v) is 9.15. The van der Waals surface area contributed by atoms with Gasteiger partial charge in [0.2, 0.25) is 5.91 Å². The van der Waals surface area contributed by atoms with E-state index in [1.807, 2.05) is 44.2 Å². The molecule has 0 unspecified atom stereocenters. The standard InChI is InChI=1S/C26H30FN5O3/c1-15(2)24-28-14-21(31-24)22-20(32-26(35)30-18-10-8-17(27)9-11-18)12-19(23(22)33)25(34)29-13-16-6-4-3-5-7-16/h3-11,14-15,19-20,22-23,33H,12-13H2,1-2H3,(H,28,31)(H,29,34)(H2,30,32,35)/t19-,20+,22+,23+/m0/s1. The number of anilines is 1. The third kappa shape index (κ3) is 5.86. The van der Waals surface area contributed by atoms with E-state index in [4.69, 9.17) is 0 Å². The molecule has 0 saturated heterocycles. The molecule has 2 aromatic carbocycles. The number of urea groups is 1. The summed E-state index contributed by atoms with van der Waals surface area (Å²) in [6.45, 7) is 4.34. The minimum Gasteiger partial charge on any atom is -0.392 e. The molecule has 5 N–H and O–H groups in total.